The van der Waals surface area contributed by atoms with E-state index in [4.69, 9.17) is 0 Å². The molecule has 116 valence electrons. The molecule has 1 aromatic carbocycles. The molecule has 0 saturated carbocycles. The highest BCUT2D eigenvalue weighted by Crippen LogP contribution is 2.47. The van der Waals surface area contributed by atoms with Crippen LogP contribution in [0.25, 0.3) is 0 Å². The monoisotopic (exact) mass is 297 g/mol. The number of benzene rings is 1. The van der Waals surface area contributed by atoms with Crippen LogP contribution < -0.4 is 0 Å². The van der Waals surface area contributed by atoms with Crippen molar-refractivity contribution >= 4 is 5.91 Å². The average Bonchev–Trinajstić information content (AvgIpc) is 2.85. The summed E-state index contributed by atoms with van der Waals surface area (Å²) in [6, 6.07) is 8.15. The van der Waals surface area contributed by atoms with E-state index in [-0.39, 0.29) is 17.4 Å². The highest BCUT2D eigenvalue weighted by atomic mass is 16.2. The summed E-state index contributed by atoms with van der Waals surface area (Å²) in [6.07, 6.45) is 4.20. The Morgan fingerprint density at radius 2 is 2.09 bits per heavy atom. The van der Waals surface area contributed by atoms with Gasteiger partial charge in [0.2, 0.25) is 5.91 Å². The van der Waals surface area contributed by atoms with Gasteiger partial charge in [-0.3, -0.25) is 4.79 Å². The average molecular weight is 297 g/mol. The zero-order chi connectivity index (χ0) is 15.9. The minimum atomic E-state index is 0.0593. The molecule has 4 nitrogen and oxygen atoms in total. The van der Waals surface area contributed by atoms with E-state index in [2.05, 4.69) is 31.8 Å². The summed E-state index contributed by atoms with van der Waals surface area (Å²) in [5.74, 6) is 1.15. The molecule has 1 aromatic heterocycles. The normalized spacial score (nSPS) is 19.8. The fourth-order valence-corrected chi connectivity index (χ4v) is 3.36. The first-order valence-corrected chi connectivity index (χ1v) is 7.71. The van der Waals surface area contributed by atoms with Crippen molar-refractivity contribution in [3.05, 3.63) is 53.6 Å². The number of nitrogens with zero attached hydrogens (tertiary/aromatic N) is 3. The molecule has 2 aromatic rings. The number of amides is 1. The number of carbonyl (C=O) groups is 1. The van der Waals surface area contributed by atoms with Gasteiger partial charge in [0.05, 0.1) is 12.5 Å². The van der Waals surface area contributed by atoms with Gasteiger partial charge in [-0.1, -0.05) is 38.1 Å². The molecule has 0 aliphatic carbocycles. The Bertz CT molecular complexity index is 702. The SMILES string of the molecule is Cc1ccccc1CC(=O)N1CC(C)(C)C1c1nccn1C. The lowest BCUT2D eigenvalue weighted by molar-refractivity contribution is -0.152. The molecule has 1 unspecified atom stereocenters. The summed E-state index contributed by atoms with van der Waals surface area (Å²) in [5, 5.41) is 0. The zero-order valence-electron chi connectivity index (χ0n) is 13.7. The van der Waals surface area contributed by atoms with Gasteiger partial charge in [0, 0.05) is 31.4 Å². The standard InChI is InChI=1S/C18H23N3O/c1-13-7-5-6-8-14(13)11-15(22)21-12-18(2,3)16(21)17-19-9-10-20(17)4/h5-10,16H,11-12H2,1-4H3. The maximum atomic E-state index is 12.7. The first-order valence-electron chi connectivity index (χ1n) is 7.71. The number of hydrogen-bond acceptors (Lipinski definition) is 2. The van der Waals surface area contributed by atoms with E-state index in [1.165, 1.54) is 5.56 Å². The van der Waals surface area contributed by atoms with Crippen LogP contribution in [0.2, 0.25) is 0 Å². The molecule has 1 fully saturated rings. The van der Waals surface area contributed by atoms with Crippen molar-refractivity contribution in [1.82, 2.24) is 14.5 Å². The third kappa shape index (κ3) is 2.43. The van der Waals surface area contributed by atoms with Gasteiger partial charge in [-0.15, -0.1) is 0 Å². The van der Waals surface area contributed by atoms with Gasteiger partial charge < -0.3 is 9.47 Å². The van der Waals surface area contributed by atoms with Crippen molar-refractivity contribution in [2.75, 3.05) is 6.54 Å². The molecule has 2 heterocycles. The van der Waals surface area contributed by atoms with Crippen LogP contribution in [0.15, 0.2) is 36.7 Å². The molecule has 0 radical (unpaired) electrons. The van der Waals surface area contributed by atoms with Crippen molar-refractivity contribution in [3.63, 3.8) is 0 Å². The Hall–Kier alpha value is -2.10. The summed E-state index contributed by atoms with van der Waals surface area (Å²) in [6.45, 7) is 7.24. The van der Waals surface area contributed by atoms with Gasteiger partial charge in [-0.05, 0) is 18.1 Å². The minimum absolute atomic E-state index is 0.0593. The maximum Gasteiger partial charge on any atom is 0.227 e. The second kappa shape index (κ2) is 5.27. The number of aromatic nitrogens is 2. The smallest absolute Gasteiger partial charge is 0.227 e. The van der Waals surface area contributed by atoms with E-state index < -0.39 is 0 Å². The van der Waals surface area contributed by atoms with Crippen LogP contribution in [-0.2, 0) is 18.3 Å². The van der Waals surface area contributed by atoms with E-state index in [0.717, 1.165) is 17.9 Å². The molecule has 3 rings (SSSR count). The van der Waals surface area contributed by atoms with Gasteiger partial charge in [0.15, 0.2) is 0 Å². The van der Waals surface area contributed by atoms with Crippen molar-refractivity contribution in [2.45, 2.75) is 33.2 Å². The van der Waals surface area contributed by atoms with E-state index in [9.17, 15) is 4.79 Å². The molecular formula is C18H23N3O. The lowest BCUT2D eigenvalue weighted by Gasteiger charge is -2.53. The molecule has 0 spiro atoms. The number of aryl methyl sites for hydroxylation is 2. The number of hydrogen-bond donors (Lipinski definition) is 0. The molecular weight excluding hydrogens is 274 g/mol. The Morgan fingerprint density at radius 3 is 2.68 bits per heavy atom. The van der Waals surface area contributed by atoms with Gasteiger partial charge >= 0.3 is 0 Å². The second-order valence-corrected chi connectivity index (χ2v) is 6.91. The van der Waals surface area contributed by atoms with E-state index in [1.807, 2.05) is 40.9 Å². The van der Waals surface area contributed by atoms with Gasteiger partial charge in [0.25, 0.3) is 0 Å². The Labute approximate surface area is 131 Å². The zero-order valence-corrected chi connectivity index (χ0v) is 13.7. The van der Waals surface area contributed by atoms with E-state index >= 15 is 0 Å². The van der Waals surface area contributed by atoms with Crippen LogP contribution in [0.1, 0.15) is 36.8 Å². The lowest BCUT2D eigenvalue weighted by Crippen LogP contribution is -2.58. The summed E-state index contributed by atoms with van der Waals surface area (Å²) in [5.41, 5.74) is 2.35. The van der Waals surface area contributed by atoms with Crippen molar-refractivity contribution in [2.24, 2.45) is 12.5 Å². The number of rotatable bonds is 3. The highest BCUT2D eigenvalue weighted by Gasteiger charge is 2.50. The number of imidazole rings is 1. The predicted octanol–water partition coefficient (Wildman–Crippen LogP) is 2.88. The van der Waals surface area contributed by atoms with Crippen molar-refractivity contribution < 1.29 is 4.79 Å². The molecule has 22 heavy (non-hydrogen) atoms. The molecule has 1 aliphatic heterocycles. The van der Waals surface area contributed by atoms with E-state index in [1.54, 1.807) is 6.20 Å². The molecule has 1 amide bonds. The van der Waals surface area contributed by atoms with Gasteiger partial charge in [-0.25, -0.2) is 4.98 Å². The van der Waals surface area contributed by atoms with Crippen molar-refractivity contribution in [1.29, 1.82) is 0 Å². The fraction of sp³-hybridized carbons (Fsp3) is 0.444. The third-order valence-corrected chi connectivity index (χ3v) is 4.66. The van der Waals surface area contributed by atoms with Crippen LogP contribution in [0.3, 0.4) is 0 Å². The van der Waals surface area contributed by atoms with Crippen LogP contribution in [0.4, 0.5) is 0 Å². The molecule has 1 atom stereocenters. The van der Waals surface area contributed by atoms with E-state index in [0.29, 0.717) is 6.42 Å². The Kier molecular flexibility index (Phi) is 3.55. The molecule has 0 N–H and O–H groups in total. The molecule has 1 aliphatic rings. The largest absolute Gasteiger partial charge is 0.336 e. The summed E-state index contributed by atoms with van der Waals surface area (Å²) < 4.78 is 2.01. The molecule has 0 bridgehead atoms. The fourth-order valence-electron chi connectivity index (χ4n) is 3.36. The van der Waals surface area contributed by atoms with Crippen LogP contribution in [0.5, 0.6) is 0 Å². The number of likely N-dealkylation sites (tertiary alicyclic amines) is 1. The minimum Gasteiger partial charge on any atom is -0.336 e. The van der Waals surface area contributed by atoms with Gasteiger partial charge in [0.1, 0.15) is 5.82 Å². The maximum absolute atomic E-state index is 12.7. The lowest BCUT2D eigenvalue weighted by atomic mass is 9.74. The topological polar surface area (TPSA) is 38.1 Å². The predicted molar refractivity (Wildman–Crippen MR) is 86.3 cm³/mol. The second-order valence-electron chi connectivity index (χ2n) is 6.91. The first-order chi connectivity index (χ1) is 10.4. The van der Waals surface area contributed by atoms with Gasteiger partial charge in [-0.2, -0.15) is 0 Å². The molecule has 4 heteroatoms. The first kappa shape index (κ1) is 14.8. The Morgan fingerprint density at radius 1 is 1.36 bits per heavy atom. The quantitative estimate of drug-likeness (QED) is 0.873. The Balaban J connectivity index is 1.81. The summed E-state index contributed by atoms with van der Waals surface area (Å²) >= 11 is 0. The van der Waals surface area contributed by atoms with Crippen LogP contribution >= 0.6 is 0 Å². The highest BCUT2D eigenvalue weighted by molar-refractivity contribution is 5.80. The third-order valence-electron chi connectivity index (χ3n) is 4.66. The van der Waals surface area contributed by atoms with Crippen LogP contribution in [-0.4, -0.2) is 26.9 Å². The van der Waals surface area contributed by atoms with Crippen molar-refractivity contribution in [3.8, 4) is 0 Å². The summed E-state index contributed by atoms with van der Waals surface area (Å²) in [7, 11) is 1.99. The summed E-state index contributed by atoms with van der Waals surface area (Å²) in [4.78, 5) is 19.2. The molecule has 1 saturated heterocycles. The van der Waals surface area contributed by atoms with Crippen LogP contribution in [0, 0.1) is 12.3 Å². The number of carbonyl (C=O) groups excluding carboxylic acids is 1.